The maximum Gasteiger partial charge on any atom is 0.433 e. The van der Waals surface area contributed by atoms with Crippen LogP contribution in [0.15, 0.2) is 18.3 Å². The van der Waals surface area contributed by atoms with E-state index < -0.39 is 17.8 Å². The van der Waals surface area contributed by atoms with E-state index in [2.05, 4.69) is 20.5 Å². The molecule has 1 unspecified atom stereocenters. The fraction of sp³-hybridized carbons (Fsp3) is 0.474. The van der Waals surface area contributed by atoms with Crippen LogP contribution in [0.25, 0.3) is 5.65 Å². The molecule has 1 aliphatic carbocycles. The van der Waals surface area contributed by atoms with Crippen molar-refractivity contribution in [3.05, 3.63) is 46.7 Å². The summed E-state index contributed by atoms with van der Waals surface area (Å²) in [4.78, 5) is 16.9. The van der Waals surface area contributed by atoms with E-state index in [-0.39, 0.29) is 23.3 Å². The highest BCUT2D eigenvalue weighted by Gasteiger charge is 2.37. The van der Waals surface area contributed by atoms with Crippen LogP contribution in [-0.2, 0) is 12.7 Å². The Labute approximate surface area is 164 Å². The summed E-state index contributed by atoms with van der Waals surface area (Å²) in [7, 11) is 0. The van der Waals surface area contributed by atoms with E-state index in [9.17, 15) is 18.0 Å². The number of rotatable bonds is 5. The maximum atomic E-state index is 13.5. The van der Waals surface area contributed by atoms with E-state index in [1.165, 1.54) is 6.07 Å². The molecule has 154 valence electrons. The van der Waals surface area contributed by atoms with Crippen LogP contribution in [0, 0.1) is 6.92 Å². The summed E-state index contributed by atoms with van der Waals surface area (Å²) in [5.74, 6) is -0.515. The lowest BCUT2D eigenvalue weighted by molar-refractivity contribution is -0.142. The molecular formula is C19H21F3N6O. The number of fused-ring (bicyclic) bond motifs is 1. The number of nitrogens with zero attached hydrogens (tertiary/aromatic N) is 5. The third kappa shape index (κ3) is 3.70. The van der Waals surface area contributed by atoms with Crippen molar-refractivity contribution in [3.8, 4) is 0 Å². The summed E-state index contributed by atoms with van der Waals surface area (Å²) in [6.45, 7) is 6.29. The predicted molar refractivity (Wildman–Crippen MR) is 98.5 cm³/mol. The van der Waals surface area contributed by atoms with Gasteiger partial charge >= 0.3 is 6.18 Å². The number of aryl methyl sites for hydroxylation is 2. The van der Waals surface area contributed by atoms with E-state index in [4.69, 9.17) is 0 Å². The smallest absolute Gasteiger partial charge is 0.344 e. The summed E-state index contributed by atoms with van der Waals surface area (Å²) in [5, 5.41) is 11.0. The van der Waals surface area contributed by atoms with Crippen molar-refractivity contribution in [1.82, 2.24) is 29.7 Å². The maximum absolute atomic E-state index is 13.5. The molecule has 1 atom stereocenters. The number of carbonyl (C=O) groups is 1. The van der Waals surface area contributed by atoms with E-state index in [1.54, 1.807) is 11.6 Å². The average molecular weight is 406 g/mol. The highest BCUT2D eigenvalue weighted by atomic mass is 19.4. The highest BCUT2D eigenvalue weighted by Crippen LogP contribution is 2.41. The van der Waals surface area contributed by atoms with Gasteiger partial charge in [-0.1, -0.05) is 0 Å². The van der Waals surface area contributed by atoms with Crippen LogP contribution >= 0.6 is 0 Å². The zero-order valence-electron chi connectivity index (χ0n) is 16.3. The molecular weight excluding hydrogens is 385 g/mol. The summed E-state index contributed by atoms with van der Waals surface area (Å²) in [6, 6.07) is 1.96. The molecule has 0 radical (unpaired) electrons. The van der Waals surface area contributed by atoms with Gasteiger partial charge < -0.3 is 5.32 Å². The summed E-state index contributed by atoms with van der Waals surface area (Å²) in [5.41, 5.74) is 1.01. The van der Waals surface area contributed by atoms with E-state index in [1.807, 2.05) is 20.0 Å². The first-order valence-electron chi connectivity index (χ1n) is 9.50. The van der Waals surface area contributed by atoms with Gasteiger partial charge in [0, 0.05) is 36.0 Å². The Hall–Kier alpha value is -2.91. The Kier molecular flexibility index (Phi) is 4.59. The van der Waals surface area contributed by atoms with Gasteiger partial charge in [0.1, 0.15) is 5.69 Å². The van der Waals surface area contributed by atoms with Crippen LogP contribution in [0.2, 0.25) is 0 Å². The molecule has 3 heterocycles. The summed E-state index contributed by atoms with van der Waals surface area (Å²) in [6.07, 6.45) is -1.10. The molecule has 0 spiro atoms. The van der Waals surface area contributed by atoms with Gasteiger partial charge in [0.2, 0.25) is 0 Å². The SMILES string of the molecule is CCn1cc(C(C)NC(=O)c2cc3nc(C4CC4)cc(C(F)(F)F)n3n2)c(C)n1. The van der Waals surface area contributed by atoms with Crippen LogP contribution < -0.4 is 5.32 Å². The molecule has 1 fully saturated rings. The fourth-order valence-electron chi connectivity index (χ4n) is 3.36. The average Bonchev–Trinajstić information content (AvgIpc) is 3.29. The van der Waals surface area contributed by atoms with Gasteiger partial charge in [-0.2, -0.15) is 23.4 Å². The standard InChI is InChI=1S/C19H21F3N6O/c1-4-27-9-13(11(3)25-27)10(2)23-18(29)15-8-17-24-14(12-5-6-12)7-16(19(20,21)22)28(17)26-15/h7-10,12H,4-6H2,1-3H3,(H,23,29). The van der Waals surface area contributed by atoms with Crippen LogP contribution in [0.4, 0.5) is 13.2 Å². The van der Waals surface area contributed by atoms with E-state index in [0.717, 1.165) is 30.2 Å². The molecule has 0 saturated heterocycles. The second kappa shape index (κ2) is 6.85. The zero-order chi connectivity index (χ0) is 20.9. The molecule has 29 heavy (non-hydrogen) atoms. The number of hydrogen-bond donors (Lipinski definition) is 1. The molecule has 3 aromatic rings. The molecule has 3 aromatic heterocycles. The van der Waals surface area contributed by atoms with Crippen molar-refractivity contribution < 1.29 is 18.0 Å². The fourth-order valence-corrected chi connectivity index (χ4v) is 3.36. The van der Waals surface area contributed by atoms with Crippen LogP contribution in [0.5, 0.6) is 0 Å². The molecule has 1 amide bonds. The largest absolute Gasteiger partial charge is 0.433 e. The molecule has 1 N–H and O–H groups in total. The first-order valence-corrected chi connectivity index (χ1v) is 9.50. The minimum atomic E-state index is -4.59. The van der Waals surface area contributed by atoms with Gasteiger partial charge in [-0.25, -0.2) is 9.50 Å². The van der Waals surface area contributed by atoms with E-state index in [0.29, 0.717) is 16.8 Å². The topological polar surface area (TPSA) is 77.1 Å². The minimum absolute atomic E-state index is 0.0227. The van der Waals surface area contributed by atoms with Crippen LogP contribution in [0.3, 0.4) is 0 Å². The quantitative estimate of drug-likeness (QED) is 0.702. The minimum Gasteiger partial charge on any atom is -0.344 e. The van der Waals surface area contributed by atoms with Crippen molar-refractivity contribution >= 4 is 11.6 Å². The van der Waals surface area contributed by atoms with Crippen molar-refractivity contribution in [2.75, 3.05) is 0 Å². The van der Waals surface area contributed by atoms with Gasteiger partial charge in [-0.3, -0.25) is 9.48 Å². The van der Waals surface area contributed by atoms with Crippen LogP contribution in [0.1, 0.15) is 71.8 Å². The molecule has 7 nitrogen and oxygen atoms in total. The summed E-state index contributed by atoms with van der Waals surface area (Å²) < 4.78 is 43.0. The Bertz CT molecular complexity index is 1080. The third-order valence-electron chi connectivity index (χ3n) is 5.09. The second-order valence-electron chi connectivity index (χ2n) is 7.36. The monoisotopic (exact) mass is 406 g/mol. The van der Waals surface area contributed by atoms with Crippen molar-refractivity contribution in [2.45, 2.75) is 58.3 Å². The first-order chi connectivity index (χ1) is 13.7. The van der Waals surface area contributed by atoms with Gasteiger partial charge in [0.25, 0.3) is 5.91 Å². The number of nitrogens with one attached hydrogen (secondary N) is 1. The normalized spacial score (nSPS) is 15.7. The molecule has 0 bridgehead atoms. The molecule has 1 saturated carbocycles. The molecule has 4 rings (SSSR count). The molecule has 10 heteroatoms. The lowest BCUT2D eigenvalue weighted by Gasteiger charge is -2.12. The number of alkyl halides is 3. The van der Waals surface area contributed by atoms with Crippen LogP contribution in [-0.4, -0.2) is 30.3 Å². The Morgan fingerprint density at radius 3 is 2.62 bits per heavy atom. The summed E-state index contributed by atoms with van der Waals surface area (Å²) >= 11 is 0. The van der Waals surface area contributed by atoms with Crippen molar-refractivity contribution in [1.29, 1.82) is 0 Å². The Morgan fingerprint density at radius 1 is 1.31 bits per heavy atom. The number of halogens is 3. The van der Waals surface area contributed by atoms with Gasteiger partial charge in [-0.15, -0.1) is 0 Å². The molecule has 1 aliphatic rings. The lowest BCUT2D eigenvalue weighted by Crippen LogP contribution is -2.27. The lowest BCUT2D eigenvalue weighted by atomic mass is 10.1. The predicted octanol–water partition coefficient (Wildman–Crippen LogP) is 3.64. The van der Waals surface area contributed by atoms with Crippen molar-refractivity contribution in [3.63, 3.8) is 0 Å². The number of amides is 1. The second-order valence-corrected chi connectivity index (χ2v) is 7.36. The van der Waals surface area contributed by atoms with Crippen molar-refractivity contribution in [2.24, 2.45) is 0 Å². The number of hydrogen-bond acceptors (Lipinski definition) is 4. The Balaban J connectivity index is 1.65. The number of carbonyl (C=O) groups excluding carboxylic acids is 1. The van der Waals surface area contributed by atoms with Gasteiger partial charge in [0.05, 0.1) is 11.7 Å². The highest BCUT2D eigenvalue weighted by molar-refractivity contribution is 5.93. The van der Waals surface area contributed by atoms with Gasteiger partial charge in [-0.05, 0) is 39.7 Å². The van der Waals surface area contributed by atoms with E-state index >= 15 is 0 Å². The molecule has 0 aliphatic heterocycles. The zero-order valence-corrected chi connectivity index (χ0v) is 16.3. The number of aromatic nitrogens is 5. The first kappa shape index (κ1) is 19.4. The molecule has 0 aromatic carbocycles. The Morgan fingerprint density at radius 2 is 2.03 bits per heavy atom. The van der Waals surface area contributed by atoms with Gasteiger partial charge in [0.15, 0.2) is 11.3 Å². The third-order valence-corrected chi connectivity index (χ3v) is 5.09.